The molecule has 0 radical (unpaired) electrons. The summed E-state index contributed by atoms with van der Waals surface area (Å²) in [6, 6.07) is 13.9. The van der Waals surface area contributed by atoms with E-state index in [1.165, 1.54) is 38.1 Å². The highest BCUT2D eigenvalue weighted by molar-refractivity contribution is 7.92. The van der Waals surface area contributed by atoms with Gasteiger partial charge >= 0.3 is 0 Å². The van der Waals surface area contributed by atoms with Crippen LogP contribution in [0.25, 0.3) is 0 Å². The molecule has 3 rings (SSSR count). The minimum Gasteiger partial charge on any atom is -0.325 e. The number of rotatable bonds is 6. The van der Waals surface area contributed by atoms with Crippen molar-refractivity contribution in [2.45, 2.75) is 18.7 Å². The van der Waals surface area contributed by atoms with E-state index >= 15 is 0 Å². The van der Waals surface area contributed by atoms with Crippen LogP contribution in [0.4, 0.5) is 21.5 Å². The third-order valence-corrected chi connectivity index (χ3v) is 6.22. The van der Waals surface area contributed by atoms with Gasteiger partial charge in [-0.1, -0.05) is 23.7 Å². The van der Waals surface area contributed by atoms with E-state index in [0.717, 1.165) is 18.2 Å². The maximum atomic E-state index is 13.4. The van der Waals surface area contributed by atoms with Crippen LogP contribution in [0.2, 0.25) is 5.02 Å². The maximum absolute atomic E-state index is 13.4. The van der Waals surface area contributed by atoms with Gasteiger partial charge in [0.2, 0.25) is 5.91 Å². The zero-order chi connectivity index (χ0) is 23.5. The first-order valence-electron chi connectivity index (χ1n) is 9.33. The predicted molar refractivity (Wildman–Crippen MR) is 122 cm³/mol. The highest BCUT2D eigenvalue weighted by Gasteiger charge is 2.21. The number of hydrogen-bond acceptors (Lipinski definition) is 4. The lowest BCUT2D eigenvalue weighted by molar-refractivity contribution is -0.114. The zero-order valence-electron chi connectivity index (χ0n) is 17.1. The lowest BCUT2D eigenvalue weighted by atomic mass is 10.1. The first-order chi connectivity index (χ1) is 15.1. The highest BCUT2D eigenvalue weighted by Crippen LogP contribution is 2.27. The molecule has 0 saturated carbocycles. The molecule has 10 heteroatoms. The molecule has 0 bridgehead atoms. The number of amides is 2. The monoisotopic (exact) mass is 475 g/mol. The molecule has 0 aliphatic rings. The highest BCUT2D eigenvalue weighted by atomic mass is 35.5. The van der Waals surface area contributed by atoms with Crippen LogP contribution in [0.5, 0.6) is 0 Å². The number of anilines is 3. The number of carbonyl (C=O) groups is 2. The van der Waals surface area contributed by atoms with Crippen molar-refractivity contribution >= 4 is 50.5 Å². The van der Waals surface area contributed by atoms with Crippen molar-refractivity contribution in [1.29, 1.82) is 0 Å². The van der Waals surface area contributed by atoms with Crippen molar-refractivity contribution in [1.82, 2.24) is 0 Å². The van der Waals surface area contributed by atoms with Crippen LogP contribution in [0.3, 0.4) is 0 Å². The van der Waals surface area contributed by atoms with Gasteiger partial charge < -0.3 is 10.6 Å². The number of para-hydroxylation sites is 1. The summed E-state index contributed by atoms with van der Waals surface area (Å²) in [6.45, 7) is 2.82. The Morgan fingerprint density at radius 3 is 2.31 bits per heavy atom. The Labute approximate surface area is 189 Å². The minimum absolute atomic E-state index is 0.0506. The van der Waals surface area contributed by atoms with E-state index in [9.17, 15) is 22.4 Å². The Morgan fingerprint density at radius 2 is 1.66 bits per heavy atom. The minimum atomic E-state index is -4.07. The van der Waals surface area contributed by atoms with Gasteiger partial charge in [-0.05, 0) is 61.0 Å². The van der Waals surface area contributed by atoms with Crippen molar-refractivity contribution in [3.63, 3.8) is 0 Å². The molecule has 0 spiro atoms. The molecule has 2 amide bonds. The molecule has 0 heterocycles. The second-order valence-corrected chi connectivity index (χ2v) is 8.95. The molecular formula is C22H19ClFN3O4S. The van der Waals surface area contributed by atoms with Crippen LogP contribution < -0.4 is 15.4 Å². The number of halogens is 2. The van der Waals surface area contributed by atoms with Gasteiger partial charge in [-0.2, -0.15) is 0 Å². The largest absolute Gasteiger partial charge is 0.325 e. The number of sulfonamides is 1. The summed E-state index contributed by atoms with van der Waals surface area (Å²) >= 11 is 6.13. The van der Waals surface area contributed by atoms with Gasteiger partial charge in [-0.15, -0.1) is 0 Å². The van der Waals surface area contributed by atoms with Gasteiger partial charge in [0.1, 0.15) is 5.82 Å². The molecule has 0 aliphatic carbocycles. The first kappa shape index (κ1) is 23.2. The van der Waals surface area contributed by atoms with Gasteiger partial charge in [-0.3, -0.25) is 14.3 Å². The average molecular weight is 476 g/mol. The van der Waals surface area contributed by atoms with Crippen LogP contribution in [0.1, 0.15) is 22.8 Å². The van der Waals surface area contributed by atoms with Crippen molar-refractivity contribution in [2.24, 2.45) is 0 Å². The van der Waals surface area contributed by atoms with E-state index in [1.54, 1.807) is 18.2 Å². The lowest BCUT2D eigenvalue weighted by Gasteiger charge is -2.14. The molecule has 0 aromatic heterocycles. The van der Waals surface area contributed by atoms with E-state index < -0.39 is 21.7 Å². The van der Waals surface area contributed by atoms with Gasteiger partial charge in [0.15, 0.2) is 0 Å². The van der Waals surface area contributed by atoms with E-state index in [-0.39, 0.29) is 32.6 Å². The summed E-state index contributed by atoms with van der Waals surface area (Å²) in [4.78, 5) is 23.9. The fraction of sp³-hybridized carbons (Fsp3) is 0.0909. The van der Waals surface area contributed by atoms with Crippen molar-refractivity contribution < 1.29 is 22.4 Å². The number of nitrogens with one attached hydrogen (secondary N) is 3. The van der Waals surface area contributed by atoms with Gasteiger partial charge in [0.05, 0.1) is 26.9 Å². The molecule has 3 aromatic rings. The third kappa shape index (κ3) is 5.43. The van der Waals surface area contributed by atoms with Gasteiger partial charge in [0, 0.05) is 12.6 Å². The van der Waals surface area contributed by atoms with E-state index in [4.69, 9.17) is 11.6 Å². The van der Waals surface area contributed by atoms with Crippen molar-refractivity contribution in [2.75, 3.05) is 15.4 Å². The van der Waals surface area contributed by atoms with E-state index in [0.29, 0.717) is 11.4 Å². The van der Waals surface area contributed by atoms with Crippen LogP contribution >= 0.6 is 11.6 Å². The fourth-order valence-electron chi connectivity index (χ4n) is 2.97. The Morgan fingerprint density at radius 1 is 0.938 bits per heavy atom. The van der Waals surface area contributed by atoms with Gasteiger partial charge in [0.25, 0.3) is 15.9 Å². The summed E-state index contributed by atoms with van der Waals surface area (Å²) < 4.78 is 41.4. The van der Waals surface area contributed by atoms with Crippen molar-refractivity contribution in [3.05, 3.63) is 82.6 Å². The van der Waals surface area contributed by atoms with E-state index in [1.807, 2.05) is 0 Å². The Balaban J connectivity index is 1.85. The molecule has 0 fully saturated rings. The second-order valence-electron chi connectivity index (χ2n) is 6.89. The molecule has 0 unspecified atom stereocenters. The Kier molecular flexibility index (Phi) is 6.81. The molecule has 166 valence electrons. The SMILES string of the molecule is CC(=O)Nc1ccc(NC(=O)c2ccccc2NS(=O)(=O)c2ccc(F)cc2C)cc1Cl. The lowest BCUT2D eigenvalue weighted by Crippen LogP contribution is -2.19. The second kappa shape index (κ2) is 9.37. The molecule has 32 heavy (non-hydrogen) atoms. The molecular weight excluding hydrogens is 457 g/mol. The number of benzene rings is 3. The summed E-state index contributed by atoms with van der Waals surface area (Å²) in [7, 11) is -4.07. The summed E-state index contributed by atoms with van der Waals surface area (Å²) in [5.41, 5.74) is 1.09. The Bertz CT molecular complexity index is 1310. The molecule has 0 aliphatic heterocycles. The number of aryl methyl sites for hydroxylation is 1. The fourth-order valence-corrected chi connectivity index (χ4v) is 4.50. The summed E-state index contributed by atoms with van der Waals surface area (Å²) in [6.07, 6.45) is 0. The molecule has 7 nitrogen and oxygen atoms in total. The molecule has 3 N–H and O–H groups in total. The van der Waals surface area contributed by atoms with Crippen LogP contribution in [0, 0.1) is 12.7 Å². The van der Waals surface area contributed by atoms with Crippen LogP contribution in [0.15, 0.2) is 65.6 Å². The smallest absolute Gasteiger partial charge is 0.262 e. The normalized spacial score (nSPS) is 11.0. The maximum Gasteiger partial charge on any atom is 0.262 e. The molecule has 0 saturated heterocycles. The zero-order valence-corrected chi connectivity index (χ0v) is 18.6. The molecule has 3 aromatic carbocycles. The van der Waals surface area contributed by atoms with Crippen LogP contribution in [-0.4, -0.2) is 20.2 Å². The topological polar surface area (TPSA) is 104 Å². The quantitative estimate of drug-likeness (QED) is 0.476. The summed E-state index contributed by atoms with van der Waals surface area (Å²) in [5, 5.41) is 5.42. The van der Waals surface area contributed by atoms with Gasteiger partial charge in [-0.25, -0.2) is 12.8 Å². The van der Waals surface area contributed by atoms with E-state index in [2.05, 4.69) is 15.4 Å². The summed E-state index contributed by atoms with van der Waals surface area (Å²) in [5.74, 6) is -1.42. The standard InChI is InChI=1S/C22H19ClFN3O4S/c1-13-11-15(24)7-10-21(13)32(30,31)27-19-6-4-3-5-17(19)22(29)26-16-8-9-20(18(23)12-16)25-14(2)28/h3-12,27H,1-2H3,(H,25,28)(H,26,29). The predicted octanol–water partition coefficient (Wildman–Crippen LogP) is 4.80. The van der Waals surface area contributed by atoms with Crippen molar-refractivity contribution in [3.8, 4) is 0 Å². The number of hydrogen-bond donors (Lipinski definition) is 3. The third-order valence-electron chi connectivity index (χ3n) is 4.38. The Hall–Kier alpha value is -3.43. The number of carbonyl (C=O) groups excluding carboxylic acids is 2. The van der Waals surface area contributed by atoms with Crippen LogP contribution in [-0.2, 0) is 14.8 Å². The molecule has 0 atom stereocenters. The average Bonchev–Trinajstić information content (AvgIpc) is 2.69. The first-order valence-corrected chi connectivity index (χ1v) is 11.2.